The molecule has 1 N–H and O–H groups in total. The highest BCUT2D eigenvalue weighted by Crippen LogP contribution is 2.31. The maximum absolute atomic E-state index is 12.7. The number of carbonyl (C=O) groups excluding carboxylic acids is 1. The molecular weight excluding hydrogens is 384 g/mol. The van der Waals surface area contributed by atoms with Gasteiger partial charge in [0.2, 0.25) is 5.91 Å². The summed E-state index contributed by atoms with van der Waals surface area (Å²) in [5.74, 6) is 1.61. The predicted molar refractivity (Wildman–Crippen MR) is 103 cm³/mol. The lowest BCUT2D eigenvalue weighted by molar-refractivity contribution is -0.117. The Kier molecular flexibility index (Phi) is 5.48. The fourth-order valence-corrected chi connectivity index (χ4v) is 3.38. The minimum Gasteiger partial charge on any atom is -0.497 e. The Bertz CT molecular complexity index is 779. The van der Waals surface area contributed by atoms with Crippen molar-refractivity contribution in [3.8, 4) is 11.5 Å². The van der Waals surface area contributed by atoms with Crippen LogP contribution in [-0.4, -0.2) is 33.2 Å². The molecule has 0 aromatic heterocycles. The van der Waals surface area contributed by atoms with Crippen LogP contribution < -0.4 is 19.7 Å². The van der Waals surface area contributed by atoms with Crippen molar-refractivity contribution in [1.82, 2.24) is 0 Å². The van der Waals surface area contributed by atoms with Gasteiger partial charge in [-0.25, -0.2) is 0 Å². The first-order chi connectivity index (χ1) is 12.1. The van der Waals surface area contributed by atoms with Gasteiger partial charge in [-0.2, -0.15) is 0 Å². The summed E-state index contributed by atoms with van der Waals surface area (Å²) >= 11 is 3.49. The normalized spacial score (nSPS) is 13.2. The first kappa shape index (κ1) is 17.6. The summed E-state index contributed by atoms with van der Waals surface area (Å²) < 4.78 is 11.4. The Labute approximate surface area is 156 Å². The van der Waals surface area contributed by atoms with E-state index < -0.39 is 0 Å². The molecule has 0 fully saturated rings. The number of anilines is 2. The van der Waals surface area contributed by atoms with Crippen LogP contribution in [0.2, 0.25) is 0 Å². The highest BCUT2D eigenvalue weighted by atomic mass is 79.9. The number of nitrogens with one attached hydrogen (secondary N) is 1. The summed E-state index contributed by atoms with van der Waals surface area (Å²) in [6.45, 7) is 0.955. The Hall–Kier alpha value is -2.21. The molecule has 0 bridgehead atoms. The van der Waals surface area contributed by atoms with Crippen molar-refractivity contribution in [2.75, 3.05) is 37.5 Å². The standard InChI is InChI=1S/C19H21BrN2O3/c1-24-14-6-8-18-13(10-14)4-3-9-22(18)19(23)12-21-17-11-15(25-2)5-7-16(17)20/h5-8,10-11,21H,3-4,9,12H2,1-2H3. The maximum atomic E-state index is 12.7. The molecule has 0 spiro atoms. The molecule has 1 amide bonds. The molecule has 132 valence electrons. The zero-order chi connectivity index (χ0) is 17.8. The number of ether oxygens (including phenoxy) is 2. The molecule has 0 unspecified atom stereocenters. The van der Waals surface area contributed by atoms with Gasteiger partial charge in [-0.3, -0.25) is 4.79 Å². The van der Waals surface area contributed by atoms with Crippen LogP contribution >= 0.6 is 15.9 Å². The molecule has 6 heteroatoms. The zero-order valence-electron chi connectivity index (χ0n) is 14.3. The number of benzene rings is 2. The van der Waals surface area contributed by atoms with Gasteiger partial charge < -0.3 is 19.7 Å². The maximum Gasteiger partial charge on any atom is 0.246 e. The molecule has 0 atom stereocenters. The quantitative estimate of drug-likeness (QED) is 0.821. The van der Waals surface area contributed by atoms with E-state index >= 15 is 0 Å². The van der Waals surface area contributed by atoms with Gasteiger partial charge in [0.05, 0.1) is 26.5 Å². The topological polar surface area (TPSA) is 50.8 Å². The van der Waals surface area contributed by atoms with E-state index in [0.717, 1.165) is 52.3 Å². The van der Waals surface area contributed by atoms with Crippen molar-refractivity contribution >= 4 is 33.2 Å². The minimum absolute atomic E-state index is 0.0424. The molecule has 2 aromatic carbocycles. The number of amides is 1. The number of halogens is 1. The van der Waals surface area contributed by atoms with E-state index in [-0.39, 0.29) is 12.5 Å². The third-order valence-corrected chi connectivity index (χ3v) is 5.00. The highest BCUT2D eigenvalue weighted by Gasteiger charge is 2.22. The third kappa shape index (κ3) is 3.90. The smallest absolute Gasteiger partial charge is 0.246 e. The van der Waals surface area contributed by atoms with Crippen LogP contribution in [0.4, 0.5) is 11.4 Å². The molecule has 1 aliphatic rings. The Morgan fingerprint density at radius 3 is 2.64 bits per heavy atom. The van der Waals surface area contributed by atoms with Crippen molar-refractivity contribution in [2.45, 2.75) is 12.8 Å². The number of hydrogen-bond donors (Lipinski definition) is 1. The molecule has 0 saturated heterocycles. The third-order valence-electron chi connectivity index (χ3n) is 4.31. The average molecular weight is 405 g/mol. The fraction of sp³-hybridized carbons (Fsp3) is 0.316. The number of aryl methyl sites for hydroxylation is 1. The van der Waals surface area contributed by atoms with Crippen LogP contribution in [-0.2, 0) is 11.2 Å². The summed E-state index contributed by atoms with van der Waals surface area (Å²) in [4.78, 5) is 14.6. The van der Waals surface area contributed by atoms with Gasteiger partial charge in [0.15, 0.2) is 0 Å². The lowest BCUT2D eigenvalue weighted by Crippen LogP contribution is -2.39. The Balaban J connectivity index is 1.73. The van der Waals surface area contributed by atoms with E-state index in [1.807, 2.05) is 41.3 Å². The van der Waals surface area contributed by atoms with Crippen molar-refractivity contribution in [3.05, 3.63) is 46.4 Å². The molecule has 1 aliphatic heterocycles. The van der Waals surface area contributed by atoms with Crippen LogP contribution in [0.3, 0.4) is 0 Å². The van der Waals surface area contributed by atoms with E-state index in [1.165, 1.54) is 0 Å². The average Bonchev–Trinajstić information content (AvgIpc) is 2.66. The number of fused-ring (bicyclic) bond motifs is 1. The molecule has 0 radical (unpaired) electrons. The van der Waals surface area contributed by atoms with Gasteiger partial charge in [-0.05, 0) is 64.7 Å². The van der Waals surface area contributed by atoms with Crippen LogP contribution in [0.1, 0.15) is 12.0 Å². The molecule has 25 heavy (non-hydrogen) atoms. The van der Waals surface area contributed by atoms with Crippen LogP contribution in [0, 0.1) is 0 Å². The monoisotopic (exact) mass is 404 g/mol. The minimum atomic E-state index is 0.0424. The van der Waals surface area contributed by atoms with Crippen molar-refractivity contribution in [1.29, 1.82) is 0 Å². The lowest BCUT2D eigenvalue weighted by atomic mass is 10.0. The van der Waals surface area contributed by atoms with Crippen molar-refractivity contribution in [2.24, 2.45) is 0 Å². The van der Waals surface area contributed by atoms with Gasteiger partial charge in [0.25, 0.3) is 0 Å². The summed E-state index contributed by atoms with van der Waals surface area (Å²) in [7, 11) is 3.28. The van der Waals surface area contributed by atoms with E-state index in [1.54, 1.807) is 14.2 Å². The van der Waals surface area contributed by atoms with Gasteiger partial charge >= 0.3 is 0 Å². The van der Waals surface area contributed by atoms with Crippen LogP contribution in [0.25, 0.3) is 0 Å². The zero-order valence-corrected chi connectivity index (χ0v) is 15.9. The first-order valence-corrected chi connectivity index (χ1v) is 8.96. The molecule has 0 saturated carbocycles. The molecule has 5 nitrogen and oxygen atoms in total. The molecule has 2 aromatic rings. The number of rotatable bonds is 5. The van der Waals surface area contributed by atoms with Crippen molar-refractivity contribution < 1.29 is 14.3 Å². The second-order valence-corrected chi connectivity index (χ2v) is 6.70. The van der Waals surface area contributed by atoms with Crippen LogP contribution in [0.5, 0.6) is 11.5 Å². The Morgan fingerprint density at radius 1 is 1.16 bits per heavy atom. The number of nitrogens with zero attached hydrogens (tertiary/aromatic N) is 1. The van der Waals surface area contributed by atoms with E-state index in [2.05, 4.69) is 21.2 Å². The fourth-order valence-electron chi connectivity index (χ4n) is 2.99. The second kappa shape index (κ2) is 7.78. The number of hydrogen-bond acceptors (Lipinski definition) is 4. The van der Waals surface area contributed by atoms with Gasteiger partial charge in [0, 0.05) is 22.8 Å². The largest absolute Gasteiger partial charge is 0.497 e. The molecular formula is C19H21BrN2O3. The Morgan fingerprint density at radius 2 is 1.88 bits per heavy atom. The van der Waals surface area contributed by atoms with Gasteiger partial charge in [-0.15, -0.1) is 0 Å². The lowest BCUT2D eigenvalue weighted by Gasteiger charge is -2.30. The number of carbonyl (C=O) groups is 1. The summed E-state index contributed by atoms with van der Waals surface area (Å²) in [6.07, 6.45) is 1.92. The SMILES string of the molecule is COc1ccc2c(c1)CCCN2C(=O)CNc1cc(OC)ccc1Br. The van der Waals surface area contributed by atoms with E-state index in [9.17, 15) is 4.79 Å². The first-order valence-electron chi connectivity index (χ1n) is 8.17. The molecule has 1 heterocycles. The van der Waals surface area contributed by atoms with Crippen LogP contribution in [0.15, 0.2) is 40.9 Å². The predicted octanol–water partition coefficient (Wildman–Crippen LogP) is 3.86. The molecule has 0 aliphatic carbocycles. The highest BCUT2D eigenvalue weighted by molar-refractivity contribution is 9.10. The van der Waals surface area contributed by atoms with Crippen molar-refractivity contribution in [3.63, 3.8) is 0 Å². The number of methoxy groups -OCH3 is 2. The summed E-state index contributed by atoms with van der Waals surface area (Å²) in [5.41, 5.74) is 2.96. The summed E-state index contributed by atoms with van der Waals surface area (Å²) in [5, 5.41) is 3.20. The second-order valence-electron chi connectivity index (χ2n) is 5.84. The molecule has 3 rings (SSSR count). The van der Waals surface area contributed by atoms with E-state index in [4.69, 9.17) is 9.47 Å². The van der Waals surface area contributed by atoms with E-state index in [0.29, 0.717) is 0 Å². The summed E-state index contributed by atoms with van der Waals surface area (Å²) in [6, 6.07) is 11.5. The van der Waals surface area contributed by atoms with Gasteiger partial charge in [0.1, 0.15) is 11.5 Å². The van der Waals surface area contributed by atoms with Gasteiger partial charge in [-0.1, -0.05) is 0 Å².